The predicted molar refractivity (Wildman–Crippen MR) is 80.7 cm³/mol. The van der Waals surface area contributed by atoms with Crippen LogP contribution in [0.3, 0.4) is 0 Å². The number of hydrogen-bond acceptors (Lipinski definition) is 3. The second-order valence-electron chi connectivity index (χ2n) is 4.83. The zero-order valence-electron chi connectivity index (χ0n) is 11.5. The van der Waals surface area contributed by atoms with E-state index in [0.29, 0.717) is 0 Å². The minimum atomic E-state index is 0.276. The first-order chi connectivity index (χ1) is 9.90. The van der Waals surface area contributed by atoms with Crippen LogP contribution >= 0.6 is 0 Å². The highest BCUT2D eigenvalue weighted by Gasteiger charge is 2.15. The lowest BCUT2D eigenvalue weighted by molar-refractivity contribution is 0.538. The van der Waals surface area contributed by atoms with Crippen molar-refractivity contribution in [2.24, 2.45) is 0 Å². The molecule has 3 aromatic rings. The summed E-state index contributed by atoms with van der Waals surface area (Å²) in [5, 5.41) is 3.23. The van der Waals surface area contributed by atoms with Crippen molar-refractivity contribution in [2.75, 3.05) is 13.6 Å². The Hall–Kier alpha value is -2.20. The lowest BCUT2D eigenvalue weighted by Crippen LogP contribution is -2.17. The fourth-order valence-electron chi connectivity index (χ4n) is 2.58. The van der Waals surface area contributed by atoms with Crippen LogP contribution < -0.4 is 5.32 Å². The first kappa shape index (κ1) is 12.8. The Morgan fingerprint density at radius 2 is 2.10 bits per heavy atom. The van der Waals surface area contributed by atoms with Crippen LogP contribution in [0.15, 0.2) is 55.1 Å². The van der Waals surface area contributed by atoms with Gasteiger partial charge in [-0.25, -0.2) is 0 Å². The van der Waals surface area contributed by atoms with Crippen LogP contribution in [0.25, 0.3) is 11.0 Å². The third-order valence-corrected chi connectivity index (χ3v) is 3.56. The van der Waals surface area contributed by atoms with Gasteiger partial charge in [-0.15, -0.1) is 0 Å². The summed E-state index contributed by atoms with van der Waals surface area (Å²) in [5.41, 5.74) is 3.42. The lowest BCUT2D eigenvalue weighted by atomic mass is 10.1. The van der Waals surface area contributed by atoms with Crippen LogP contribution in [0.2, 0.25) is 0 Å². The Morgan fingerprint density at radius 1 is 1.20 bits per heavy atom. The zero-order chi connectivity index (χ0) is 13.8. The van der Waals surface area contributed by atoms with Crippen molar-refractivity contribution in [3.63, 3.8) is 0 Å². The van der Waals surface area contributed by atoms with Gasteiger partial charge in [0, 0.05) is 24.8 Å². The molecule has 1 unspecified atom stereocenters. The molecule has 0 aliphatic heterocycles. The topological polar surface area (TPSA) is 42.7 Å². The predicted octanol–water partition coefficient (Wildman–Crippen LogP) is 2.63. The molecule has 0 bridgehead atoms. The van der Waals surface area contributed by atoms with E-state index in [1.807, 2.05) is 37.8 Å². The highest BCUT2D eigenvalue weighted by molar-refractivity contribution is 5.75. The maximum absolute atomic E-state index is 4.41. The summed E-state index contributed by atoms with van der Waals surface area (Å²) in [6.07, 6.45) is 8.72. The average Bonchev–Trinajstić information content (AvgIpc) is 2.93. The van der Waals surface area contributed by atoms with E-state index in [1.54, 1.807) is 0 Å². The number of aromatic nitrogens is 3. The SMILES string of the molecule is CNCCC(c1cccnc1)n1ccc2ncccc21. The van der Waals surface area contributed by atoms with E-state index in [-0.39, 0.29) is 6.04 Å². The van der Waals surface area contributed by atoms with Crippen LogP contribution in [0.5, 0.6) is 0 Å². The van der Waals surface area contributed by atoms with Crippen LogP contribution in [0, 0.1) is 0 Å². The number of nitrogens with zero attached hydrogens (tertiary/aromatic N) is 3. The maximum Gasteiger partial charge on any atom is 0.0881 e. The first-order valence-corrected chi connectivity index (χ1v) is 6.86. The quantitative estimate of drug-likeness (QED) is 0.772. The average molecular weight is 266 g/mol. The molecule has 0 aliphatic rings. The molecule has 4 heteroatoms. The minimum absolute atomic E-state index is 0.276. The fraction of sp³-hybridized carbons (Fsp3) is 0.250. The molecule has 20 heavy (non-hydrogen) atoms. The normalized spacial score (nSPS) is 12.7. The lowest BCUT2D eigenvalue weighted by Gasteiger charge is -2.20. The molecule has 102 valence electrons. The van der Waals surface area contributed by atoms with Gasteiger partial charge in [0.2, 0.25) is 0 Å². The van der Waals surface area contributed by atoms with E-state index < -0.39 is 0 Å². The highest BCUT2D eigenvalue weighted by atomic mass is 15.0. The summed E-state index contributed by atoms with van der Waals surface area (Å²) >= 11 is 0. The maximum atomic E-state index is 4.41. The van der Waals surface area contributed by atoms with Crippen LogP contribution in [0.1, 0.15) is 18.0 Å². The standard InChI is InChI=1S/C16H18N4/c1-17-10-6-15(13-4-2-8-18-12-13)20-11-7-14-16(20)5-3-9-19-14/h2-5,7-9,11-12,15,17H,6,10H2,1H3. The summed E-state index contributed by atoms with van der Waals surface area (Å²) in [4.78, 5) is 8.66. The molecule has 3 heterocycles. The van der Waals surface area contributed by atoms with Gasteiger partial charge in [0.05, 0.1) is 17.1 Å². The first-order valence-electron chi connectivity index (χ1n) is 6.86. The Morgan fingerprint density at radius 3 is 2.90 bits per heavy atom. The second-order valence-corrected chi connectivity index (χ2v) is 4.83. The van der Waals surface area contributed by atoms with Gasteiger partial charge in [-0.3, -0.25) is 9.97 Å². The number of pyridine rings is 2. The van der Waals surface area contributed by atoms with Crippen LogP contribution in [-0.2, 0) is 0 Å². The van der Waals surface area contributed by atoms with Crippen molar-refractivity contribution in [2.45, 2.75) is 12.5 Å². The summed E-state index contributed by atoms with van der Waals surface area (Å²) in [6.45, 7) is 0.958. The fourth-order valence-corrected chi connectivity index (χ4v) is 2.58. The molecular weight excluding hydrogens is 248 g/mol. The Kier molecular flexibility index (Phi) is 3.74. The van der Waals surface area contributed by atoms with Gasteiger partial charge in [-0.1, -0.05) is 6.07 Å². The molecule has 3 rings (SSSR count). The Balaban J connectivity index is 2.05. The number of fused-ring (bicyclic) bond motifs is 1. The largest absolute Gasteiger partial charge is 0.339 e. The highest BCUT2D eigenvalue weighted by Crippen LogP contribution is 2.26. The molecule has 4 nitrogen and oxygen atoms in total. The van der Waals surface area contributed by atoms with Crippen molar-refractivity contribution >= 4 is 11.0 Å². The molecule has 1 atom stereocenters. The number of nitrogens with one attached hydrogen (secondary N) is 1. The van der Waals surface area contributed by atoms with E-state index in [4.69, 9.17) is 0 Å². The third kappa shape index (κ3) is 2.42. The van der Waals surface area contributed by atoms with E-state index in [1.165, 1.54) is 5.56 Å². The Labute approximate surface area is 118 Å². The summed E-state index contributed by atoms with van der Waals surface area (Å²) < 4.78 is 2.29. The minimum Gasteiger partial charge on any atom is -0.339 e. The molecule has 0 aliphatic carbocycles. The molecule has 1 N–H and O–H groups in total. The molecule has 3 aromatic heterocycles. The van der Waals surface area contributed by atoms with E-state index >= 15 is 0 Å². The van der Waals surface area contributed by atoms with Crippen LogP contribution in [-0.4, -0.2) is 28.1 Å². The van der Waals surface area contributed by atoms with Gasteiger partial charge in [0.25, 0.3) is 0 Å². The number of hydrogen-bond donors (Lipinski definition) is 1. The molecule has 0 amide bonds. The van der Waals surface area contributed by atoms with Gasteiger partial charge in [-0.2, -0.15) is 0 Å². The molecule has 0 saturated heterocycles. The van der Waals surface area contributed by atoms with Crippen molar-refractivity contribution in [3.8, 4) is 0 Å². The zero-order valence-corrected chi connectivity index (χ0v) is 11.5. The summed E-state index contributed by atoms with van der Waals surface area (Å²) in [5.74, 6) is 0. The smallest absolute Gasteiger partial charge is 0.0881 e. The van der Waals surface area contributed by atoms with Gasteiger partial charge in [0.1, 0.15) is 0 Å². The third-order valence-electron chi connectivity index (χ3n) is 3.56. The second kappa shape index (κ2) is 5.84. The monoisotopic (exact) mass is 266 g/mol. The van der Waals surface area contributed by atoms with Crippen molar-refractivity contribution in [1.29, 1.82) is 0 Å². The molecule has 0 fully saturated rings. The molecule has 0 aromatic carbocycles. The summed E-state index contributed by atoms with van der Waals surface area (Å²) in [6, 6.07) is 10.6. The van der Waals surface area contributed by atoms with Crippen LogP contribution in [0.4, 0.5) is 0 Å². The van der Waals surface area contributed by atoms with Gasteiger partial charge in [-0.05, 0) is 49.8 Å². The van der Waals surface area contributed by atoms with Crippen molar-refractivity contribution < 1.29 is 0 Å². The van der Waals surface area contributed by atoms with Gasteiger partial charge >= 0.3 is 0 Å². The number of rotatable bonds is 5. The van der Waals surface area contributed by atoms with Crippen molar-refractivity contribution in [3.05, 3.63) is 60.7 Å². The van der Waals surface area contributed by atoms with E-state index in [2.05, 4.69) is 44.2 Å². The molecular formula is C16H18N4. The van der Waals surface area contributed by atoms with E-state index in [9.17, 15) is 0 Å². The van der Waals surface area contributed by atoms with Crippen molar-refractivity contribution in [1.82, 2.24) is 19.9 Å². The molecule has 0 saturated carbocycles. The van der Waals surface area contributed by atoms with Gasteiger partial charge in [0.15, 0.2) is 0 Å². The molecule has 0 radical (unpaired) electrons. The Bertz CT molecular complexity index is 675. The van der Waals surface area contributed by atoms with Gasteiger partial charge < -0.3 is 9.88 Å². The molecule has 0 spiro atoms. The summed E-state index contributed by atoms with van der Waals surface area (Å²) in [7, 11) is 1.98. The van der Waals surface area contributed by atoms with E-state index in [0.717, 1.165) is 24.0 Å².